The summed E-state index contributed by atoms with van der Waals surface area (Å²) in [5.41, 5.74) is 5.52. The molecule has 0 aromatic heterocycles. The first-order valence-electron chi connectivity index (χ1n) is 5.72. The summed E-state index contributed by atoms with van der Waals surface area (Å²) < 4.78 is 23.4. The van der Waals surface area contributed by atoms with Gasteiger partial charge in [0.2, 0.25) is 5.91 Å². The number of halogens is 1. The molecule has 0 saturated heterocycles. The molecule has 0 atom stereocenters. The summed E-state index contributed by atoms with van der Waals surface area (Å²) in [5, 5.41) is 13.6. The van der Waals surface area contributed by atoms with E-state index < -0.39 is 11.7 Å². The third kappa shape index (κ3) is 4.82. The molecule has 0 aliphatic heterocycles. The largest absolute Gasteiger partial charge is 0.409 e. The van der Waals surface area contributed by atoms with E-state index in [1.165, 1.54) is 19.2 Å². The summed E-state index contributed by atoms with van der Waals surface area (Å²) in [5.74, 6) is -1.40. The summed E-state index contributed by atoms with van der Waals surface area (Å²) in [6, 6.07) is 3.78. The lowest BCUT2D eigenvalue weighted by atomic mass is 10.2. The molecule has 7 nitrogen and oxygen atoms in total. The number of carbonyl (C=O) groups is 1. The quantitative estimate of drug-likeness (QED) is 0.223. The Bertz CT molecular complexity index is 494. The number of nitrogens with one attached hydrogen (secondary N) is 1. The van der Waals surface area contributed by atoms with Gasteiger partial charge in [-0.1, -0.05) is 5.16 Å². The van der Waals surface area contributed by atoms with Crippen LogP contribution < -0.4 is 11.1 Å². The number of methoxy groups -OCH3 is 1. The van der Waals surface area contributed by atoms with E-state index in [0.29, 0.717) is 6.61 Å². The zero-order valence-corrected chi connectivity index (χ0v) is 10.9. The molecule has 0 unspecified atom stereocenters. The zero-order chi connectivity index (χ0) is 15.0. The van der Waals surface area contributed by atoms with E-state index in [1.54, 1.807) is 0 Å². The molecule has 110 valence electrons. The highest BCUT2D eigenvalue weighted by atomic mass is 19.1. The van der Waals surface area contributed by atoms with Gasteiger partial charge in [0, 0.05) is 12.7 Å². The molecule has 20 heavy (non-hydrogen) atoms. The Morgan fingerprint density at radius 1 is 1.50 bits per heavy atom. The van der Waals surface area contributed by atoms with Crippen LogP contribution in [-0.2, 0) is 14.3 Å². The number of amides is 1. The number of anilines is 1. The Labute approximate surface area is 115 Å². The SMILES string of the molecule is COCCOCC(=O)Nc1ccc(/C(N)=N/O)cc1F. The molecule has 0 radical (unpaired) electrons. The number of amidine groups is 1. The van der Waals surface area contributed by atoms with E-state index in [-0.39, 0.29) is 30.3 Å². The van der Waals surface area contributed by atoms with Gasteiger partial charge in [0.1, 0.15) is 12.4 Å². The van der Waals surface area contributed by atoms with Crippen LogP contribution in [0.3, 0.4) is 0 Å². The third-order valence-corrected chi connectivity index (χ3v) is 2.31. The van der Waals surface area contributed by atoms with Crippen molar-refractivity contribution < 1.29 is 23.9 Å². The number of oxime groups is 1. The molecule has 0 aliphatic rings. The summed E-state index contributed by atoms with van der Waals surface area (Å²) >= 11 is 0. The lowest BCUT2D eigenvalue weighted by Gasteiger charge is -2.08. The Hall–Kier alpha value is -2.19. The van der Waals surface area contributed by atoms with E-state index in [2.05, 4.69) is 10.5 Å². The Morgan fingerprint density at radius 2 is 2.25 bits per heavy atom. The van der Waals surface area contributed by atoms with Crippen LogP contribution in [0.25, 0.3) is 0 Å². The number of rotatable bonds is 7. The molecular formula is C12H16FN3O4. The van der Waals surface area contributed by atoms with Crippen molar-refractivity contribution >= 4 is 17.4 Å². The van der Waals surface area contributed by atoms with E-state index in [1.807, 2.05) is 0 Å². The predicted molar refractivity (Wildman–Crippen MR) is 70.2 cm³/mol. The van der Waals surface area contributed by atoms with Gasteiger partial charge in [-0.2, -0.15) is 0 Å². The Kier molecular flexibility index (Phi) is 6.41. The maximum Gasteiger partial charge on any atom is 0.250 e. The summed E-state index contributed by atoms with van der Waals surface area (Å²) in [6.07, 6.45) is 0. The average molecular weight is 285 g/mol. The van der Waals surface area contributed by atoms with E-state index in [9.17, 15) is 9.18 Å². The highest BCUT2D eigenvalue weighted by Crippen LogP contribution is 2.15. The van der Waals surface area contributed by atoms with Crippen LogP contribution in [0.5, 0.6) is 0 Å². The number of hydrogen-bond acceptors (Lipinski definition) is 5. The molecule has 1 amide bonds. The molecule has 0 heterocycles. The van der Waals surface area contributed by atoms with Crippen molar-refractivity contribution in [3.05, 3.63) is 29.6 Å². The Morgan fingerprint density at radius 3 is 2.85 bits per heavy atom. The van der Waals surface area contributed by atoms with E-state index in [0.717, 1.165) is 6.07 Å². The lowest BCUT2D eigenvalue weighted by molar-refractivity contribution is -0.121. The van der Waals surface area contributed by atoms with Crippen molar-refractivity contribution in [2.24, 2.45) is 10.9 Å². The van der Waals surface area contributed by atoms with Crippen LogP contribution in [0.15, 0.2) is 23.4 Å². The van der Waals surface area contributed by atoms with Crippen LogP contribution >= 0.6 is 0 Å². The minimum absolute atomic E-state index is 0.0140. The summed E-state index contributed by atoms with van der Waals surface area (Å²) in [4.78, 5) is 11.5. The van der Waals surface area contributed by atoms with Crippen LogP contribution in [0.1, 0.15) is 5.56 Å². The maximum absolute atomic E-state index is 13.7. The zero-order valence-electron chi connectivity index (χ0n) is 10.9. The maximum atomic E-state index is 13.7. The van der Waals surface area contributed by atoms with Crippen molar-refractivity contribution in [2.45, 2.75) is 0 Å². The molecule has 0 bridgehead atoms. The first-order valence-corrected chi connectivity index (χ1v) is 5.72. The topological polar surface area (TPSA) is 106 Å². The molecule has 1 aromatic carbocycles. The van der Waals surface area contributed by atoms with Crippen molar-refractivity contribution in [1.82, 2.24) is 0 Å². The first kappa shape index (κ1) is 15.9. The number of hydrogen-bond donors (Lipinski definition) is 3. The summed E-state index contributed by atoms with van der Waals surface area (Å²) in [6.45, 7) is 0.440. The lowest BCUT2D eigenvalue weighted by Crippen LogP contribution is -2.20. The summed E-state index contributed by atoms with van der Waals surface area (Å²) in [7, 11) is 1.52. The first-order chi connectivity index (χ1) is 9.58. The average Bonchev–Trinajstić information content (AvgIpc) is 2.45. The van der Waals surface area contributed by atoms with Gasteiger partial charge < -0.3 is 25.7 Å². The number of benzene rings is 1. The van der Waals surface area contributed by atoms with Gasteiger partial charge in [-0.15, -0.1) is 0 Å². The number of nitrogens with two attached hydrogens (primary N) is 1. The van der Waals surface area contributed by atoms with Crippen LogP contribution in [-0.4, -0.2) is 43.9 Å². The van der Waals surface area contributed by atoms with E-state index in [4.69, 9.17) is 20.4 Å². The second-order valence-corrected chi connectivity index (χ2v) is 3.77. The number of nitrogens with zero attached hydrogens (tertiary/aromatic N) is 1. The molecule has 0 spiro atoms. The fraction of sp³-hybridized carbons (Fsp3) is 0.333. The number of carbonyl (C=O) groups excluding carboxylic acids is 1. The molecule has 8 heteroatoms. The van der Waals surface area contributed by atoms with Crippen LogP contribution in [0.4, 0.5) is 10.1 Å². The van der Waals surface area contributed by atoms with Crippen molar-refractivity contribution in [3.8, 4) is 0 Å². The molecule has 4 N–H and O–H groups in total. The second kappa shape index (κ2) is 8.08. The van der Waals surface area contributed by atoms with Crippen molar-refractivity contribution in [1.29, 1.82) is 0 Å². The standard InChI is InChI=1S/C12H16FN3O4/c1-19-4-5-20-7-11(17)15-10-3-2-8(6-9(10)13)12(14)16-18/h2-3,6,18H,4-5,7H2,1H3,(H2,14,16)(H,15,17). The molecule has 0 aliphatic carbocycles. The van der Waals surface area contributed by atoms with Crippen LogP contribution in [0.2, 0.25) is 0 Å². The highest BCUT2D eigenvalue weighted by molar-refractivity contribution is 5.98. The van der Waals surface area contributed by atoms with Gasteiger partial charge in [0.25, 0.3) is 0 Å². The van der Waals surface area contributed by atoms with Gasteiger partial charge in [0.15, 0.2) is 5.84 Å². The Balaban J connectivity index is 2.58. The van der Waals surface area contributed by atoms with E-state index >= 15 is 0 Å². The fourth-order valence-electron chi connectivity index (χ4n) is 1.33. The van der Waals surface area contributed by atoms with Gasteiger partial charge in [0.05, 0.1) is 18.9 Å². The molecule has 0 saturated carbocycles. The highest BCUT2D eigenvalue weighted by Gasteiger charge is 2.09. The molecule has 0 fully saturated rings. The fourth-order valence-corrected chi connectivity index (χ4v) is 1.33. The minimum Gasteiger partial charge on any atom is -0.409 e. The van der Waals surface area contributed by atoms with Gasteiger partial charge in [-0.25, -0.2) is 4.39 Å². The minimum atomic E-state index is -0.695. The predicted octanol–water partition coefficient (Wildman–Crippen LogP) is 0.522. The second-order valence-electron chi connectivity index (χ2n) is 3.77. The molecular weight excluding hydrogens is 269 g/mol. The van der Waals surface area contributed by atoms with Gasteiger partial charge >= 0.3 is 0 Å². The molecule has 1 aromatic rings. The monoisotopic (exact) mass is 285 g/mol. The van der Waals surface area contributed by atoms with Crippen LogP contribution in [0, 0.1) is 5.82 Å². The van der Waals surface area contributed by atoms with Crippen molar-refractivity contribution in [2.75, 3.05) is 32.2 Å². The number of ether oxygens (including phenoxy) is 2. The van der Waals surface area contributed by atoms with Gasteiger partial charge in [-0.3, -0.25) is 4.79 Å². The van der Waals surface area contributed by atoms with Gasteiger partial charge in [-0.05, 0) is 18.2 Å². The molecule has 1 rings (SSSR count). The smallest absolute Gasteiger partial charge is 0.250 e. The third-order valence-electron chi connectivity index (χ3n) is 2.31. The van der Waals surface area contributed by atoms with Crippen molar-refractivity contribution in [3.63, 3.8) is 0 Å². The normalized spacial score (nSPS) is 11.4.